The molecule has 2 aromatic carbocycles. The van der Waals surface area contributed by atoms with E-state index in [-0.39, 0.29) is 28.7 Å². The quantitative estimate of drug-likeness (QED) is 0.443. The van der Waals surface area contributed by atoms with Gasteiger partial charge < -0.3 is 19.5 Å². The second kappa shape index (κ2) is 11.3. The van der Waals surface area contributed by atoms with Gasteiger partial charge in [0.05, 0.1) is 25.3 Å². The predicted molar refractivity (Wildman–Crippen MR) is 123 cm³/mol. The average Bonchev–Trinajstić information content (AvgIpc) is 2.83. The van der Waals surface area contributed by atoms with Crippen LogP contribution in [0.25, 0.3) is 6.08 Å². The number of halogens is 1. The van der Waals surface area contributed by atoms with Gasteiger partial charge in [-0.2, -0.15) is 4.31 Å². The number of benzene rings is 2. The Kier molecular flexibility index (Phi) is 8.45. The van der Waals surface area contributed by atoms with Crippen molar-refractivity contribution in [1.29, 1.82) is 0 Å². The van der Waals surface area contributed by atoms with E-state index >= 15 is 0 Å². The van der Waals surface area contributed by atoms with E-state index in [0.717, 1.165) is 5.56 Å². The second-order valence-electron chi connectivity index (χ2n) is 6.92. The normalized spacial score (nSPS) is 14.7. The molecular weight excluding hydrogens is 472 g/mol. The monoisotopic (exact) mass is 494 g/mol. The first-order chi connectivity index (χ1) is 15.8. The first-order valence-electron chi connectivity index (χ1n) is 9.96. The maximum atomic E-state index is 12.9. The van der Waals surface area contributed by atoms with Crippen LogP contribution in [-0.4, -0.2) is 64.6 Å². The highest BCUT2D eigenvalue weighted by Gasteiger charge is 2.28. The number of nitrogens with one attached hydrogen (secondary N) is 1. The molecule has 0 spiro atoms. The summed E-state index contributed by atoms with van der Waals surface area (Å²) >= 11 is 6.11. The van der Waals surface area contributed by atoms with Crippen LogP contribution in [0.1, 0.15) is 5.56 Å². The molecule has 0 atom stereocenters. The molecule has 1 fully saturated rings. The van der Waals surface area contributed by atoms with Crippen LogP contribution in [0, 0.1) is 0 Å². The van der Waals surface area contributed by atoms with Gasteiger partial charge in [0, 0.05) is 24.9 Å². The van der Waals surface area contributed by atoms with Crippen LogP contribution < -0.4 is 10.1 Å². The molecule has 1 heterocycles. The van der Waals surface area contributed by atoms with Crippen LogP contribution in [0.2, 0.25) is 5.02 Å². The third kappa shape index (κ3) is 6.78. The molecule has 1 amide bonds. The third-order valence-electron chi connectivity index (χ3n) is 4.68. The summed E-state index contributed by atoms with van der Waals surface area (Å²) < 4.78 is 42.2. The summed E-state index contributed by atoms with van der Waals surface area (Å²) in [6.45, 7) is 0.488. The highest BCUT2D eigenvalue weighted by molar-refractivity contribution is 7.89. The van der Waals surface area contributed by atoms with E-state index in [1.165, 1.54) is 28.6 Å². The fourth-order valence-electron chi connectivity index (χ4n) is 2.97. The number of anilines is 1. The number of morpholine rings is 1. The van der Waals surface area contributed by atoms with E-state index in [1.54, 1.807) is 37.5 Å². The Bertz CT molecular complexity index is 1130. The number of esters is 1. The molecule has 1 aliphatic rings. The molecule has 2 aromatic rings. The summed E-state index contributed by atoms with van der Waals surface area (Å²) in [5.74, 6) is -0.639. The van der Waals surface area contributed by atoms with Crippen LogP contribution in [0.3, 0.4) is 0 Å². The lowest BCUT2D eigenvalue weighted by Crippen LogP contribution is -2.40. The van der Waals surface area contributed by atoms with Gasteiger partial charge in [0.1, 0.15) is 10.6 Å². The summed E-state index contributed by atoms with van der Waals surface area (Å²) in [7, 11) is -2.29. The van der Waals surface area contributed by atoms with Crippen molar-refractivity contribution in [1.82, 2.24) is 4.31 Å². The highest BCUT2D eigenvalue weighted by Crippen LogP contribution is 2.28. The molecule has 0 radical (unpaired) electrons. The van der Waals surface area contributed by atoms with Crippen molar-refractivity contribution in [3.63, 3.8) is 0 Å². The minimum Gasteiger partial charge on any atom is -0.497 e. The summed E-state index contributed by atoms with van der Waals surface area (Å²) in [5.41, 5.74) is 0.966. The van der Waals surface area contributed by atoms with E-state index in [9.17, 15) is 18.0 Å². The molecular formula is C22H23ClN2O7S. The van der Waals surface area contributed by atoms with Crippen molar-refractivity contribution >= 4 is 45.3 Å². The molecule has 176 valence electrons. The molecule has 33 heavy (non-hydrogen) atoms. The number of hydrogen-bond donors (Lipinski definition) is 1. The van der Waals surface area contributed by atoms with E-state index in [1.807, 2.05) is 0 Å². The average molecular weight is 495 g/mol. The Hall–Kier alpha value is -2.92. The second-order valence-corrected chi connectivity index (χ2v) is 9.24. The maximum Gasteiger partial charge on any atom is 0.331 e. The number of rotatable bonds is 8. The Morgan fingerprint density at radius 1 is 1.15 bits per heavy atom. The van der Waals surface area contributed by atoms with Gasteiger partial charge >= 0.3 is 5.97 Å². The number of hydrogen-bond acceptors (Lipinski definition) is 7. The van der Waals surface area contributed by atoms with Gasteiger partial charge in [-0.15, -0.1) is 0 Å². The topological polar surface area (TPSA) is 111 Å². The minimum absolute atomic E-state index is 0.0367. The zero-order chi connectivity index (χ0) is 23.8. The molecule has 3 rings (SSSR count). The first kappa shape index (κ1) is 24.7. The molecule has 0 saturated carbocycles. The number of amides is 1. The van der Waals surface area contributed by atoms with Gasteiger partial charge in [-0.25, -0.2) is 13.2 Å². The lowest BCUT2D eigenvalue weighted by molar-refractivity contribution is -0.142. The third-order valence-corrected chi connectivity index (χ3v) is 7.06. The molecule has 1 saturated heterocycles. The van der Waals surface area contributed by atoms with Crippen molar-refractivity contribution in [2.75, 3.05) is 45.3 Å². The molecule has 0 aliphatic carbocycles. The van der Waals surface area contributed by atoms with E-state index < -0.39 is 28.5 Å². The Morgan fingerprint density at radius 2 is 1.85 bits per heavy atom. The Labute approximate surface area is 196 Å². The van der Waals surface area contributed by atoms with Crippen molar-refractivity contribution < 1.29 is 32.2 Å². The number of methoxy groups -OCH3 is 1. The standard InChI is InChI=1S/C22H23ClN2O7S/c1-30-18-6-2-16(3-7-18)4-9-22(27)32-15-21(26)24-17-5-8-19(23)20(14-17)33(28,29)25-10-12-31-13-11-25/h2-9,14H,10-13,15H2,1H3,(H,24,26). The van der Waals surface area contributed by atoms with Crippen LogP contribution in [0.15, 0.2) is 53.4 Å². The number of sulfonamides is 1. The Balaban J connectivity index is 1.57. The van der Waals surface area contributed by atoms with Crippen LogP contribution in [-0.2, 0) is 29.1 Å². The Morgan fingerprint density at radius 3 is 2.52 bits per heavy atom. The van der Waals surface area contributed by atoms with Crippen LogP contribution >= 0.6 is 11.6 Å². The van der Waals surface area contributed by atoms with Crippen LogP contribution in [0.5, 0.6) is 5.75 Å². The lowest BCUT2D eigenvalue weighted by atomic mass is 10.2. The number of carbonyl (C=O) groups is 2. The van der Waals surface area contributed by atoms with Gasteiger partial charge in [-0.3, -0.25) is 4.79 Å². The maximum absolute atomic E-state index is 12.9. The summed E-state index contributed by atoms with van der Waals surface area (Å²) in [5, 5.41) is 2.54. The molecule has 0 unspecified atom stereocenters. The van der Waals surface area contributed by atoms with Gasteiger partial charge in [0.15, 0.2) is 6.61 Å². The van der Waals surface area contributed by atoms with E-state index in [2.05, 4.69) is 5.32 Å². The molecule has 9 nitrogen and oxygen atoms in total. The van der Waals surface area contributed by atoms with Crippen molar-refractivity contribution in [2.24, 2.45) is 0 Å². The zero-order valence-electron chi connectivity index (χ0n) is 17.8. The number of nitrogens with zero attached hydrogens (tertiary/aromatic N) is 1. The smallest absolute Gasteiger partial charge is 0.331 e. The van der Waals surface area contributed by atoms with E-state index in [4.69, 9.17) is 25.8 Å². The molecule has 1 aliphatic heterocycles. The summed E-state index contributed by atoms with van der Waals surface area (Å²) in [4.78, 5) is 23.9. The first-order valence-corrected chi connectivity index (χ1v) is 11.8. The fourth-order valence-corrected chi connectivity index (χ4v) is 4.87. The predicted octanol–water partition coefficient (Wildman–Crippen LogP) is 2.56. The van der Waals surface area contributed by atoms with Gasteiger partial charge in [-0.05, 0) is 42.0 Å². The van der Waals surface area contributed by atoms with Gasteiger partial charge in [0.2, 0.25) is 10.0 Å². The molecule has 0 bridgehead atoms. The van der Waals surface area contributed by atoms with E-state index in [0.29, 0.717) is 19.0 Å². The van der Waals surface area contributed by atoms with Crippen molar-refractivity contribution in [2.45, 2.75) is 4.90 Å². The van der Waals surface area contributed by atoms with Crippen LogP contribution in [0.4, 0.5) is 5.69 Å². The minimum atomic E-state index is -3.85. The van der Waals surface area contributed by atoms with Gasteiger partial charge in [0.25, 0.3) is 5.91 Å². The molecule has 11 heteroatoms. The SMILES string of the molecule is COc1ccc(C=CC(=O)OCC(=O)Nc2ccc(Cl)c(S(=O)(=O)N3CCOCC3)c2)cc1. The van der Waals surface area contributed by atoms with Crippen molar-refractivity contribution in [3.05, 3.63) is 59.1 Å². The largest absolute Gasteiger partial charge is 0.497 e. The number of carbonyl (C=O) groups excluding carboxylic acids is 2. The lowest BCUT2D eigenvalue weighted by Gasteiger charge is -2.26. The summed E-state index contributed by atoms with van der Waals surface area (Å²) in [6, 6.07) is 11.1. The van der Waals surface area contributed by atoms with Crippen molar-refractivity contribution in [3.8, 4) is 5.75 Å². The molecule has 0 aromatic heterocycles. The zero-order valence-corrected chi connectivity index (χ0v) is 19.4. The summed E-state index contributed by atoms with van der Waals surface area (Å²) in [6.07, 6.45) is 2.74. The highest BCUT2D eigenvalue weighted by atomic mass is 35.5. The number of ether oxygens (including phenoxy) is 3. The fraction of sp³-hybridized carbons (Fsp3) is 0.273. The molecule has 1 N–H and O–H groups in total. The van der Waals surface area contributed by atoms with Gasteiger partial charge in [-0.1, -0.05) is 23.7 Å².